The number of rotatable bonds is 5. The van der Waals surface area contributed by atoms with E-state index in [0.29, 0.717) is 29.7 Å². The predicted octanol–water partition coefficient (Wildman–Crippen LogP) is 2.43. The molecule has 0 spiro atoms. The molecule has 2 N–H and O–H groups in total. The highest BCUT2D eigenvalue weighted by molar-refractivity contribution is 7.99. The minimum Gasteiger partial charge on any atom is -0.304 e. The van der Waals surface area contributed by atoms with Gasteiger partial charge in [-0.05, 0) is 24.1 Å². The Bertz CT molecular complexity index is 283. The van der Waals surface area contributed by atoms with Crippen molar-refractivity contribution in [2.24, 2.45) is 5.90 Å². The van der Waals surface area contributed by atoms with Gasteiger partial charge in [-0.15, -0.1) is 0 Å². The van der Waals surface area contributed by atoms with Crippen molar-refractivity contribution in [2.75, 3.05) is 6.61 Å². The number of alkyl halides is 2. The van der Waals surface area contributed by atoms with Crippen LogP contribution in [0.4, 0.5) is 8.78 Å². The molecule has 1 aromatic rings. The van der Waals surface area contributed by atoms with Crippen LogP contribution in [0.25, 0.3) is 0 Å². The summed E-state index contributed by atoms with van der Waals surface area (Å²) in [5.74, 6) is 2.49. The van der Waals surface area contributed by atoms with E-state index in [0.717, 1.165) is 5.56 Å². The molecule has 5 heteroatoms. The van der Waals surface area contributed by atoms with E-state index in [-0.39, 0.29) is 0 Å². The highest BCUT2D eigenvalue weighted by atomic mass is 32.2. The normalized spacial score (nSPS) is 10.9. The van der Waals surface area contributed by atoms with Gasteiger partial charge in [0, 0.05) is 4.90 Å². The van der Waals surface area contributed by atoms with Gasteiger partial charge in [-0.2, -0.15) is 8.78 Å². The van der Waals surface area contributed by atoms with Gasteiger partial charge < -0.3 is 4.84 Å². The molecule has 0 atom stereocenters. The van der Waals surface area contributed by atoms with Crippen molar-refractivity contribution in [2.45, 2.75) is 17.1 Å². The molecule has 1 aromatic carbocycles. The number of halogens is 2. The first kappa shape index (κ1) is 11.4. The van der Waals surface area contributed by atoms with Crippen LogP contribution in [0.3, 0.4) is 0 Å². The minimum absolute atomic E-state index is 0.392. The number of benzene rings is 1. The molecule has 1 rings (SSSR count). The lowest BCUT2D eigenvalue weighted by atomic mass is 10.2. The number of hydrogen-bond donors (Lipinski definition) is 1. The lowest BCUT2D eigenvalue weighted by molar-refractivity contribution is 0.141. The Morgan fingerprint density at radius 3 is 2.86 bits per heavy atom. The van der Waals surface area contributed by atoms with Crippen LogP contribution in [0.2, 0.25) is 0 Å². The summed E-state index contributed by atoms with van der Waals surface area (Å²) in [4.78, 5) is 4.98. The topological polar surface area (TPSA) is 35.2 Å². The largest absolute Gasteiger partial charge is 0.304 e. The van der Waals surface area contributed by atoms with Gasteiger partial charge in [0.1, 0.15) is 0 Å². The van der Waals surface area contributed by atoms with Gasteiger partial charge in [0.25, 0.3) is 5.76 Å². The van der Waals surface area contributed by atoms with Crippen LogP contribution in [0.5, 0.6) is 0 Å². The maximum absolute atomic E-state index is 12.0. The third kappa shape index (κ3) is 4.04. The molecule has 0 radical (unpaired) electrons. The second-order valence-corrected chi connectivity index (χ2v) is 3.71. The molecular weight excluding hydrogens is 208 g/mol. The van der Waals surface area contributed by atoms with E-state index in [9.17, 15) is 8.78 Å². The Morgan fingerprint density at radius 2 is 2.21 bits per heavy atom. The van der Waals surface area contributed by atoms with Gasteiger partial charge in [0.2, 0.25) is 0 Å². The zero-order chi connectivity index (χ0) is 10.4. The lowest BCUT2D eigenvalue weighted by Crippen LogP contribution is -2.03. The Hall–Kier alpha value is -0.650. The van der Waals surface area contributed by atoms with Gasteiger partial charge in [-0.25, -0.2) is 5.90 Å². The van der Waals surface area contributed by atoms with E-state index in [1.54, 1.807) is 18.2 Å². The summed E-state index contributed by atoms with van der Waals surface area (Å²) in [7, 11) is 0. The quantitative estimate of drug-likeness (QED) is 0.610. The Balaban J connectivity index is 2.59. The van der Waals surface area contributed by atoms with Crippen molar-refractivity contribution in [1.82, 2.24) is 0 Å². The maximum Gasteiger partial charge on any atom is 0.288 e. The summed E-state index contributed by atoms with van der Waals surface area (Å²) in [5.41, 5.74) is 0.945. The van der Waals surface area contributed by atoms with Crippen molar-refractivity contribution in [3.05, 3.63) is 29.8 Å². The van der Waals surface area contributed by atoms with Crippen molar-refractivity contribution in [1.29, 1.82) is 0 Å². The molecule has 0 fully saturated rings. The average molecular weight is 219 g/mol. The molecule has 2 nitrogen and oxygen atoms in total. The monoisotopic (exact) mass is 219 g/mol. The summed E-state index contributed by atoms with van der Waals surface area (Å²) in [6, 6.07) is 6.98. The van der Waals surface area contributed by atoms with Crippen molar-refractivity contribution in [3.8, 4) is 0 Å². The average Bonchev–Trinajstić information content (AvgIpc) is 2.14. The van der Waals surface area contributed by atoms with Crippen LogP contribution in [-0.2, 0) is 11.3 Å². The second kappa shape index (κ2) is 5.95. The molecule has 0 aliphatic heterocycles. The summed E-state index contributed by atoms with van der Waals surface area (Å²) in [6.07, 6.45) is 0.633. The summed E-state index contributed by atoms with van der Waals surface area (Å²) in [5, 5.41) is 0. The zero-order valence-electron chi connectivity index (χ0n) is 7.45. The third-order valence-electron chi connectivity index (χ3n) is 1.63. The van der Waals surface area contributed by atoms with Crippen LogP contribution in [-0.4, -0.2) is 12.4 Å². The molecule has 0 amide bonds. The SMILES string of the molecule is NOCCc1cccc(SC(F)F)c1. The highest BCUT2D eigenvalue weighted by Crippen LogP contribution is 2.25. The molecule has 0 heterocycles. The van der Waals surface area contributed by atoms with E-state index < -0.39 is 5.76 Å². The Kier molecular flexibility index (Phi) is 4.86. The van der Waals surface area contributed by atoms with Crippen LogP contribution < -0.4 is 5.90 Å². The van der Waals surface area contributed by atoms with E-state index in [1.807, 2.05) is 6.07 Å². The zero-order valence-corrected chi connectivity index (χ0v) is 8.27. The predicted molar refractivity (Wildman–Crippen MR) is 52.1 cm³/mol. The van der Waals surface area contributed by atoms with Gasteiger partial charge in [0.05, 0.1) is 6.61 Å². The fraction of sp³-hybridized carbons (Fsp3) is 0.333. The van der Waals surface area contributed by atoms with Crippen LogP contribution >= 0.6 is 11.8 Å². The molecular formula is C9H11F2NOS. The molecule has 0 saturated heterocycles. The fourth-order valence-electron chi connectivity index (χ4n) is 1.05. The molecule has 0 saturated carbocycles. The standard InChI is InChI=1S/C9H11F2NOS/c10-9(11)14-8-3-1-2-7(6-8)4-5-13-12/h1-3,6,9H,4-5,12H2. The van der Waals surface area contributed by atoms with Crippen molar-refractivity contribution < 1.29 is 13.6 Å². The highest BCUT2D eigenvalue weighted by Gasteiger charge is 2.05. The van der Waals surface area contributed by atoms with E-state index in [2.05, 4.69) is 4.84 Å². The summed E-state index contributed by atoms with van der Waals surface area (Å²) >= 11 is 0.541. The molecule has 0 aliphatic rings. The third-order valence-corrected chi connectivity index (χ3v) is 2.34. The molecule has 0 aromatic heterocycles. The number of hydrogen-bond acceptors (Lipinski definition) is 3. The van der Waals surface area contributed by atoms with Gasteiger partial charge >= 0.3 is 0 Å². The van der Waals surface area contributed by atoms with Crippen molar-refractivity contribution >= 4 is 11.8 Å². The lowest BCUT2D eigenvalue weighted by Gasteiger charge is -2.03. The summed E-state index contributed by atoms with van der Waals surface area (Å²) in [6.45, 7) is 0.392. The van der Waals surface area contributed by atoms with Gasteiger partial charge in [-0.3, -0.25) is 0 Å². The molecule has 0 unspecified atom stereocenters. The molecule has 0 bridgehead atoms. The fourth-order valence-corrected chi connectivity index (χ4v) is 1.64. The Morgan fingerprint density at radius 1 is 1.43 bits per heavy atom. The molecule has 14 heavy (non-hydrogen) atoms. The first-order valence-corrected chi connectivity index (χ1v) is 4.96. The smallest absolute Gasteiger partial charge is 0.288 e. The Labute approximate surface area is 85.4 Å². The van der Waals surface area contributed by atoms with Crippen LogP contribution in [0, 0.1) is 0 Å². The van der Waals surface area contributed by atoms with Gasteiger partial charge in [-0.1, -0.05) is 23.9 Å². The van der Waals surface area contributed by atoms with E-state index >= 15 is 0 Å². The van der Waals surface area contributed by atoms with Gasteiger partial charge in [0.15, 0.2) is 0 Å². The van der Waals surface area contributed by atoms with Crippen LogP contribution in [0.15, 0.2) is 29.2 Å². The van der Waals surface area contributed by atoms with E-state index in [1.165, 1.54) is 0 Å². The maximum atomic E-state index is 12.0. The number of nitrogens with two attached hydrogens (primary N) is 1. The van der Waals surface area contributed by atoms with Crippen molar-refractivity contribution in [3.63, 3.8) is 0 Å². The first-order chi connectivity index (χ1) is 6.72. The van der Waals surface area contributed by atoms with E-state index in [4.69, 9.17) is 5.90 Å². The first-order valence-electron chi connectivity index (χ1n) is 4.08. The summed E-state index contributed by atoms with van der Waals surface area (Å²) < 4.78 is 24.0. The second-order valence-electron chi connectivity index (χ2n) is 2.65. The molecule has 78 valence electrons. The number of thioether (sulfide) groups is 1. The molecule has 0 aliphatic carbocycles. The van der Waals surface area contributed by atoms with Crippen LogP contribution in [0.1, 0.15) is 5.56 Å². The minimum atomic E-state index is -2.38.